The predicted octanol–water partition coefficient (Wildman–Crippen LogP) is 2.44. The van der Waals surface area contributed by atoms with Gasteiger partial charge in [0.2, 0.25) is 0 Å². The van der Waals surface area contributed by atoms with E-state index in [9.17, 15) is 0 Å². The Morgan fingerprint density at radius 1 is 1.45 bits per heavy atom. The Morgan fingerprint density at radius 2 is 2.25 bits per heavy atom. The summed E-state index contributed by atoms with van der Waals surface area (Å²) in [6, 6.07) is 2.58. The highest BCUT2D eigenvalue weighted by molar-refractivity contribution is 5.50. The second kappa shape index (κ2) is 7.60. The third kappa shape index (κ3) is 5.10. The van der Waals surface area contributed by atoms with E-state index in [2.05, 4.69) is 42.2 Å². The minimum atomic E-state index is 0.489. The van der Waals surface area contributed by atoms with E-state index in [1.807, 2.05) is 12.4 Å². The number of ether oxygens (including phenoxy) is 1. The Kier molecular flexibility index (Phi) is 5.80. The normalized spacial score (nSPS) is 14.8. The molecule has 1 N–H and O–H groups in total. The smallest absolute Gasteiger partial charge is 0.0641 e. The van der Waals surface area contributed by atoms with Gasteiger partial charge in [-0.05, 0) is 30.4 Å². The van der Waals surface area contributed by atoms with E-state index in [-0.39, 0.29) is 0 Å². The molecule has 1 aromatic rings. The van der Waals surface area contributed by atoms with Crippen LogP contribution in [-0.4, -0.2) is 37.8 Å². The Bertz CT molecular complexity index is 404. The molecule has 1 aliphatic carbocycles. The van der Waals surface area contributed by atoms with Crippen LogP contribution in [-0.2, 0) is 11.3 Å². The van der Waals surface area contributed by atoms with Gasteiger partial charge in [0.15, 0.2) is 0 Å². The van der Waals surface area contributed by atoms with Gasteiger partial charge in [-0.1, -0.05) is 13.8 Å². The van der Waals surface area contributed by atoms with E-state index in [1.165, 1.54) is 24.1 Å². The lowest BCUT2D eigenvalue weighted by Crippen LogP contribution is -2.27. The monoisotopic (exact) mass is 277 g/mol. The van der Waals surface area contributed by atoms with Crippen LogP contribution >= 0.6 is 0 Å². The van der Waals surface area contributed by atoms with E-state index in [4.69, 9.17) is 4.74 Å². The first kappa shape index (κ1) is 15.3. The van der Waals surface area contributed by atoms with Gasteiger partial charge in [-0.15, -0.1) is 0 Å². The van der Waals surface area contributed by atoms with Gasteiger partial charge in [0.1, 0.15) is 0 Å². The summed E-state index contributed by atoms with van der Waals surface area (Å²) in [4.78, 5) is 6.48. The molecular formula is C16H27N3O. The van der Waals surface area contributed by atoms with Crippen molar-refractivity contribution in [2.75, 3.05) is 31.7 Å². The van der Waals surface area contributed by atoms with Crippen LogP contribution in [0.15, 0.2) is 18.5 Å². The summed E-state index contributed by atoms with van der Waals surface area (Å²) >= 11 is 0. The van der Waals surface area contributed by atoms with Crippen LogP contribution in [0.2, 0.25) is 0 Å². The van der Waals surface area contributed by atoms with Crippen molar-refractivity contribution in [2.45, 2.75) is 39.3 Å². The number of hydrogen-bond acceptors (Lipinski definition) is 4. The van der Waals surface area contributed by atoms with E-state index < -0.39 is 0 Å². The molecule has 1 saturated carbocycles. The molecule has 0 radical (unpaired) electrons. The topological polar surface area (TPSA) is 37.4 Å². The highest BCUT2D eigenvalue weighted by atomic mass is 16.5. The number of likely N-dealkylation sites (N-methyl/N-ethyl adjacent to an activating group) is 1. The van der Waals surface area contributed by atoms with Crippen molar-refractivity contribution in [3.63, 3.8) is 0 Å². The Balaban J connectivity index is 1.81. The summed E-state index contributed by atoms with van der Waals surface area (Å²) < 4.78 is 5.71. The lowest BCUT2D eigenvalue weighted by Gasteiger charge is -2.22. The maximum Gasteiger partial charge on any atom is 0.0641 e. The number of nitrogens with one attached hydrogen (secondary N) is 1. The molecular weight excluding hydrogens is 250 g/mol. The van der Waals surface area contributed by atoms with Crippen LogP contribution in [0.1, 0.15) is 32.3 Å². The second-order valence-electron chi connectivity index (χ2n) is 5.98. The van der Waals surface area contributed by atoms with Gasteiger partial charge >= 0.3 is 0 Å². The molecule has 0 bridgehead atoms. The van der Waals surface area contributed by atoms with Crippen molar-refractivity contribution in [1.82, 2.24) is 10.3 Å². The first-order chi connectivity index (χ1) is 9.66. The Hall–Kier alpha value is -1.13. The predicted molar refractivity (Wildman–Crippen MR) is 83.0 cm³/mol. The summed E-state index contributed by atoms with van der Waals surface area (Å²) in [6.07, 6.45) is 6.50. The lowest BCUT2D eigenvalue weighted by molar-refractivity contribution is 0.131. The molecule has 0 atom stereocenters. The summed E-state index contributed by atoms with van der Waals surface area (Å²) in [5.41, 5.74) is 2.48. The highest BCUT2D eigenvalue weighted by Gasteiger charge is 2.21. The molecule has 112 valence electrons. The van der Waals surface area contributed by atoms with Crippen LogP contribution < -0.4 is 10.2 Å². The number of nitrogens with zero attached hydrogens (tertiary/aromatic N) is 2. The fourth-order valence-corrected chi connectivity index (χ4v) is 2.08. The van der Waals surface area contributed by atoms with Crippen LogP contribution in [0.5, 0.6) is 0 Å². The molecule has 2 rings (SSSR count). The first-order valence-electron chi connectivity index (χ1n) is 7.62. The number of rotatable bonds is 9. The molecule has 1 aromatic heterocycles. The Morgan fingerprint density at radius 3 is 2.95 bits per heavy atom. The first-order valence-corrected chi connectivity index (χ1v) is 7.62. The minimum Gasteiger partial charge on any atom is -0.379 e. The maximum atomic E-state index is 5.71. The van der Waals surface area contributed by atoms with E-state index in [1.54, 1.807) is 0 Å². The molecule has 1 heterocycles. The van der Waals surface area contributed by atoms with Crippen LogP contribution in [0, 0.1) is 5.92 Å². The zero-order valence-corrected chi connectivity index (χ0v) is 12.9. The molecule has 0 aromatic carbocycles. The zero-order chi connectivity index (χ0) is 14.4. The maximum absolute atomic E-state index is 5.71. The Labute approximate surface area is 122 Å². The fourth-order valence-electron chi connectivity index (χ4n) is 2.08. The molecule has 0 saturated heterocycles. The lowest BCUT2D eigenvalue weighted by atomic mass is 10.2. The van der Waals surface area contributed by atoms with Crippen molar-refractivity contribution in [1.29, 1.82) is 0 Å². The van der Waals surface area contributed by atoms with Crippen molar-refractivity contribution in [3.8, 4) is 0 Å². The van der Waals surface area contributed by atoms with E-state index in [0.29, 0.717) is 6.04 Å². The number of pyridine rings is 1. The average molecular weight is 277 g/mol. The molecule has 1 fully saturated rings. The van der Waals surface area contributed by atoms with Gasteiger partial charge in [0, 0.05) is 39.0 Å². The number of aromatic nitrogens is 1. The van der Waals surface area contributed by atoms with Gasteiger partial charge in [0.25, 0.3) is 0 Å². The minimum absolute atomic E-state index is 0.489. The molecule has 0 aliphatic heterocycles. The molecule has 20 heavy (non-hydrogen) atoms. The summed E-state index contributed by atoms with van der Waals surface area (Å²) in [6.45, 7) is 7.84. The van der Waals surface area contributed by atoms with Crippen molar-refractivity contribution < 1.29 is 4.74 Å². The fraction of sp³-hybridized carbons (Fsp3) is 0.688. The van der Waals surface area contributed by atoms with E-state index in [0.717, 1.165) is 32.2 Å². The third-order valence-corrected chi connectivity index (χ3v) is 3.62. The van der Waals surface area contributed by atoms with E-state index >= 15 is 0 Å². The molecule has 0 spiro atoms. The van der Waals surface area contributed by atoms with Crippen LogP contribution in [0.3, 0.4) is 0 Å². The third-order valence-electron chi connectivity index (χ3n) is 3.62. The summed E-state index contributed by atoms with van der Waals surface area (Å²) in [7, 11) is 2.11. The molecule has 0 amide bonds. The van der Waals surface area contributed by atoms with Gasteiger partial charge in [-0.2, -0.15) is 0 Å². The highest BCUT2D eigenvalue weighted by Crippen LogP contribution is 2.28. The standard InChI is InChI=1S/C16H27N3O/c1-13(2)18-10-15-6-7-17-11-16(15)19(3)8-9-20-12-14-4-5-14/h6-7,11,13-14,18H,4-5,8-10,12H2,1-3H3. The van der Waals surface area contributed by atoms with Gasteiger partial charge in [0.05, 0.1) is 18.5 Å². The second-order valence-corrected chi connectivity index (χ2v) is 5.98. The number of hydrogen-bond donors (Lipinski definition) is 1. The molecule has 0 unspecified atom stereocenters. The van der Waals surface area contributed by atoms with Crippen molar-refractivity contribution in [2.24, 2.45) is 5.92 Å². The molecule has 1 aliphatic rings. The van der Waals surface area contributed by atoms with Gasteiger partial charge < -0.3 is 15.0 Å². The van der Waals surface area contributed by atoms with Gasteiger partial charge in [-0.3, -0.25) is 4.98 Å². The molecule has 4 nitrogen and oxygen atoms in total. The average Bonchev–Trinajstić information content (AvgIpc) is 3.25. The summed E-state index contributed by atoms with van der Waals surface area (Å²) in [5.74, 6) is 0.838. The van der Waals surface area contributed by atoms with Gasteiger partial charge in [-0.25, -0.2) is 0 Å². The molecule has 4 heteroatoms. The quantitative estimate of drug-likeness (QED) is 0.704. The van der Waals surface area contributed by atoms with Crippen LogP contribution in [0.25, 0.3) is 0 Å². The largest absolute Gasteiger partial charge is 0.379 e. The van der Waals surface area contributed by atoms with Crippen molar-refractivity contribution in [3.05, 3.63) is 24.0 Å². The SMILES string of the molecule is CC(C)NCc1ccncc1N(C)CCOCC1CC1. The summed E-state index contributed by atoms with van der Waals surface area (Å²) in [5, 5.41) is 3.46. The zero-order valence-electron chi connectivity index (χ0n) is 12.9. The van der Waals surface area contributed by atoms with Crippen molar-refractivity contribution >= 4 is 5.69 Å². The van der Waals surface area contributed by atoms with Crippen LogP contribution in [0.4, 0.5) is 5.69 Å². The number of anilines is 1.